The summed E-state index contributed by atoms with van der Waals surface area (Å²) in [6.45, 7) is 5.40. The fraction of sp³-hybridized carbons (Fsp3) is 0.667. The van der Waals surface area contributed by atoms with Crippen molar-refractivity contribution >= 4 is 5.78 Å². The van der Waals surface area contributed by atoms with Crippen LogP contribution >= 0.6 is 0 Å². The molecule has 0 heterocycles. The van der Waals surface area contributed by atoms with Gasteiger partial charge >= 0.3 is 0 Å². The van der Waals surface area contributed by atoms with Gasteiger partial charge in [-0.25, -0.2) is 4.39 Å². The van der Waals surface area contributed by atoms with Crippen LogP contribution < -0.4 is 0 Å². The van der Waals surface area contributed by atoms with Gasteiger partial charge in [-0.3, -0.25) is 4.79 Å². The standard InChI is InChI=1S/C9H15FO/c1-4-7(5-2)9(10)8(11)6-3/h4-6H2,1-3H3. The van der Waals surface area contributed by atoms with Crippen LogP contribution in [0.1, 0.15) is 40.0 Å². The molecule has 0 fully saturated rings. The Labute approximate surface area is 67.3 Å². The third kappa shape index (κ3) is 2.83. The molecule has 1 nitrogen and oxygen atoms in total. The Morgan fingerprint density at radius 1 is 1.09 bits per heavy atom. The second-order valence-electron chi connectivity index (χ2n) is 2.40. The van der Waals surface area contributed by atoms with Crippen molar-refractivity contribution in [2.45, 2.75) is 40.0 Å². The van der Waals surface area contributed by atoms with Gasteiger partial charge in [0.05, 0.1) is 0 Å². The van der Waals surface area contributed by atoms with Gasteiger partial charge in [0.2, 0.25) is 0 Å². The number of carbonyl (C=O) groups excluding carboxylic acids is 1. The lowest BCUT2D eigenvalue weighted by Crippen LogP contribution is -1.99. The van der Waals surface area contributed by atoms with Crippen molar-refractivity contribution in [1.82, 2.24) is 0 Å². The molecule has 0 aromatic rings. The molecule has 0 saturated heterocycles. The summed E-state index contributed by atoms with van der Waals surface area (Å²) in [5.41, 5.74) is 0.636. The van der Waals surface area contributed by atoms with E-state index in [1.165, 1.54) is 0 Å². The van der Waals surface area contributed by atoms with E-state index in [2.05, 4.69) is 0 Å². The van der Waals surface area contributed by atoms with E-state index in [0.717, 1.165) is 0 Å². The fourth-order valence-corrected chi connectivity index (χ4v) is 0.913. The van der Waals surface area contributed by atoms with Crippen LogP contribution in [0.3, 0.4) is 0 Å². The molecular weight excluding hydrogens is 143 g/mol. The summed E-state index contributed by atoms with van der Waals surface area (Å²) in [7, 11) is 0. The predicted octanol–water partition coefficient (Wildman–Crippen LogP) is 3.01. The molecule has 0 aromatic heterocycles. The molecule has 0 rings (SSSR count). The highest BCUT2D eigenvalue weighted by atomic mass is 19.1. The first-order valence-corrected chi connectivity index (χ1v) is 4.08. The molecule has 0 aromatic carbocycles. The maximum Gasteiger partial charge on any atom is 0.190 e. The number of ketones is 1. The van der Waals surface area contributed by atoms with Crippen molar-refractivity contribution < 1.29 is 9.18 Å². The minimum absolute atomic E-state index is 0.259. The summed E-state index contributed by atoms with van der Waals surface area (Å²) in [4.78, 5) is 10.8. The third-order valence-electron chi connectivity index (χ3n) is 1.73. The fourth-order valence-electron chi connectivity index (χ4n) is 0.913. The van der Waals surface area contributed by atoms with E-state index in [0.29, 0.717) is 18.4 Å². The first kappa shape index (κ1) is 10.3. The number of Topliss-reactive ketones (excluding diaryl/α,β-unsaturated/α-hetero) is 1. The largest absolute Gasteiger partial charge is 0.292 e. The molecule has 0 unspecified atom stereocenters. The second-order valence-corrected chi connectivity index (χ2v) is 2.40. The van der Waals surface area contributed by atoms with Crippen LogP contribution in [-0.2, 0) is 4.79 Å². The van der Waals surface area contributed by atoms with Gasteiger partial charge in [-0.1, -0.05) is 20.8 Å². The van der Waals surface area contributed by atoms with E-state index in [9.17, 15) is 9.18 Å². The highest BCUT2D eigenvalue weighted by Gasteiger charge is 2.09. The first-order valence-electron chi connectivity index (χ1n) is 4.08. The molecular formula is C9H15FO. The molecule has 0 saturated carbocycles. The Hall–Kier alpha value is -0.660. The van der Waals surface area contributed by atoms with Gasteiger partial charge in [0.1, 0.15) is 0 Å². The molecule has 0 amide bonds. The summed E-state index contributed by atoms with van der Waals surface area (Å²) < 4.78 is 13.0. The Bertz CT molecular complexity index is 164. The van der Waals surface area contributed by atoms with E-state index in [1.54, 1.807) is 6.92 Å². The third-order valence-corrected chi connectivity index (χ3v) is 1.73. The molecule has 0 spiro atoms. The lowest BCUT2D eigenvalue weighted by molar-refractivity contribution is -0.116. The van der Waals surface area contributed by atoms with E-state index >= 15 is 0 Å². The zero-order valence-electron chi connectivity index (χ0n) is 7.41. The van der Waals surface area contributed by atoms with Gasteiger partial charge in [-0.15, -0.1) is 0 Å². The summed E-state index contributed by atoms with van der Waals surface area (Å²) in [6, 6.07) is 0. The topological polar surface area (TPSA) is 17.1 Å². The normalized spacial score (nSPS) is 9.45. The molecule has 64 valence electrons. The van der Waals surface area contributed by atoms with E-state index < -0.39 is 5.83 Å². The van der Waals surface area contributed by atoms with Crippen molar-refractivity contribution in [3.05, 3.63) is 11.4 Å². The van der Waals surface area contributed by atoms with Crippen molar-refractivity contribution in [3.63, 3.8) is 0 Å². The zero-order valence-corrected chi connectivity index (χ0v) is 7.41. The lowest BCUT2D eigenvalue weighted by atomic mass is 10.1. The smallest absolute Gasteiger partial charge is 0.190 e. The maximum atomic E-state index is 13.0. The van der Waals surface area contributed by atoms with Crippen LogP contribution in [0.25, 0.3) is 0 Å². The number of hydrogen-bond donors (Lipinski definition) is 0. The molecule has 0 aliphatic heterocycles. The van der Waals surface area contributed by atoms with Crippen molar-refractivity contribution in [2.24, 2.45) is 0 Å². The van der Waals surface area contributed by atoms with Gasteiger partial charge < -0.3 is 0 Å². The number of allylic oxidation sites excluding steroid dienone is 2. The number of halogens is 1. The van der Waals surface area contributed by atoms with Crippen molar-refractivity contribution in [2.75, 3.05) is 0 Å². The molecule has 0 N–H and O–H groups in total. The highest BCUT2D eigenvalue weighted by Crippen LogP contribution is 2.15. The van der Waals surface area contributed by atoms with Crippen molar-refractivity contribution in [1.29, 1.82) is 0 Å². The minimum atomic E-state index is -0.516. The molecule has 2 heteroatoms. The average molecular weight is 158 g/mol. The monoisotopic (exact) mass is 158 g/mol. The Balaban J connectivity index is 4.46. The maximum absolute atomic E-state index is 13.0. The van der Waals surface area contributed by atoms with Gasteiger partial charge in [0, 0.05) is 6.42 Å². The van der Waals surface area contributed by atoms with E-state index in [1.807, 2.05) is 13.8 Å². The molecule has 0 radical (unpaired) electrons. The Morgan fingerprint density at radius 2 is 1.55 bits per heavy atom. The summed E-state index contributed by atoms with van der Waals surface area (Å²) >= 11 is 0. The SMILES string of the molecule is CCC(=O)C(F)=C(CC)CC. The Morgan fingerprint density at radius 3 is 1.82 bits per heavy atom. The predicted molar refractivity (Wildman–Crippen MR) is 44.0 cm³/mol. The van der Waals surface area contributed by atoms with Crippen molar-refractivity contribution in [3.8, 4) is 0 Å². The zero-order chi connectivity index (χ0) is 8.85. The van der Waals surface area contributed by atoms with Crippen LogP contribution in [-0.4, -0.2) is 5.78 Å². The summed E-state index contributed by atoms with van der Waals surface area (Å²) in [5.74, 6) is -0.888. The quantitative estimate of drug-likeness (QED) is 0.575. The summed E-state index contributed by atoms with van der Waals surface area (Å²) in [6.07, 6.45) is 1.53. The second kappa shape index (κ2) is 5.05. The van der Waals surface area contributed by atoms with Gasteiger partial charge in [-0.2, -0.15) is 0 Å². The van der Waals surface area contributed by atoms with Gasteiger partial charge in [0.25, 0.3) is 0 Å². The molecule has 0 aliphatic carbocycles. The van der Waals surface area contributed by atoms with E-state index in [4.69, 9.17) is 0 Å². The van der Waals surface area contributed by atoms with Crippen LogP contribution in [0, 0.1) is 0 Å². The molecule has 0 bridgehead atoms. The first-order chi connectivity index (χ1) is 5.17. The van der Waals surface area contributed by atoms with Crippen LogP contribution in [0.15, 0.2) is 11.4 Å². The minimum Gasteiger partial charge on any atom is -0.292 e. The highest BCUT2D eigenvalue weighted by molar-refractivity contribution is 5.93. The lowest BCUT2D eigenvalue weighted by Gasteiger charge is -2.01. The molecule has 0 atom stereocenters. The number of hydrogen-bond acceptors (Lipinski definition) is 1. The Kier molecular flexibility index (Phi) is 4.75. The molecule has 11 heavy (non-hydrogen) atoms. The van der Waals surface area contributed by atoms with Crippen LogP contribution in [0.4, 0.5) is 4.39 Å². The van der Waals surface area contributed by atoms with E-state index in [-0.39, 0.29) is 12.2 Å². The van der Waals surface area contributed by atoms with Crippen LogP contribution in [0.2, 0.25) is 0 Å². The summed E-state index contributed by atoms with van der Waals surface area (Å²) in [5, 5.41) is 0. The van der Waals surface area contributed by atoms with Gasteiger partial charge in [0.15, 0.2) is 11.6 Å². The number of carbonyl (C=O) groups is 1. The molecule has 0 aliphatic rings. The average Bonchev–Trinajstić information content (AvgIpc) is 2.05. The van der Waals surface area contributed by atoms with Crippen LogP contribution in [0.5, 0.6) is 0 Å². The van der Waals surface area contributed by atoms with Gasteiger partial charge in [-0.05, 0) is 18.4 Å². The number of rotatable bonds is 4.